The van der Waals surface area contributed by atoms with Crippen molar-refractivity contribution in [3.05, 3.63) is 54.1 Å². The molecular weight excluding hydrogens is 242 g/mol. The number of ether oxygens (including phenoxy) is 2. The Hall–Kier alpha value is -2.49. The zero-order valence-electron chi connectivity index (χ0n) is 10.8. The molecule has 1 N–H and O–H groups in total. The van der Waals surface area contributed by atoms with Gasteiger partial charge in [-0.2, -0.15) is 0 Å². The van der Waals surface area contributed by atoms with Gasteiger partial charge in [0.25, 0.3) is 5.91 Å². The van der Waals surface area contributed by atoms with Crippen molar-refractivity contribution in [2.45, 2.75) is 0 Å². The maximum absolute atomic E-state index is 11.5. The molecule has 0 unspecified atom stereocenters. The van der Waals surface area contributed by atoms with Crippen LogP contribution in [0.5, 0.6) is 17.2 Å². The lowest BCUT2D eigenvalue weighted by atomic mass is 10.2. The van der Waals surface area contributed by atoms with E-state index in [4.69, 9.17) is 9.47 Å². The average Bonchev–Trinajstić information content (AvgIpc) is 2.47. The van der Waals surface area contributed by atoms with E-state index in [1.165, 1.54) is 0 Å². The van der Waals surface area contributed by atoms with E-state index in [1.54, 1.807) is 38.4 Å². The Balaban J connectivity index is 2.26. The lowest BCUT2D eigenvalue weighted by molar-refractivity contribution is 0.0963. The minimum absolute atomic E-state index is 0.148. The summed E-state index contributed by atoms with van der Waals surface area (Å²) in [7, 11) is 3.18. The molecule has 0 aliphatic heterocycles. The van der Waals surface area contributed by atoms with Gasteiger partial charge >= 0.3 is 0 Å². The number of benzene rings is 2. The SMILES string of the molecule is CNC(=O)c1cccc(Oc2ccccc2OC)c1. The molecule has 2 rings (SSSR count). The summed E-state index contributed by atoms with van der Waals surface area (Å²) >= 11 is 0. The van der Waals surface area contributed by atoms with Gasteiger partial charge in [0.2, 0.25) is 0 Å². The predicted molar refractivity (Wildman–Crippen MR) is 72.9 cm³/mol. The van der Waals surface area contributed by atoms with Crippen molar-refractivity contribution in [2.24, 2.45) is 0 Å². The summed E-state index contributed by atoms with van der Waals surface area (Å²) in [6.45, 7) is 0. The minimum Gasteiger partial charge on any atom is -0.493 e. The van der Waals surface area contributed by atoms with E-state index in [0.717, 1.165) is 0 Å². The minimum atomic E-state index is -0.148. The van der Waals surface area contributed by atoms with Crippen molar-refractivity contribution in [3.63, 3.8) is 0 Å². The van der Waals surface area contributed by atoms with Crippen molar-refractivity contribution in [1.29, 1.82) is 0 Å². The van der Waals surface area contributed by atoms with Gasteiger partial charge in [0.15, 0.2) is 11.5 Å². The van der Waals surface area contributed by atoms with Gasteiger partial charge in [0.1, 0.15) is 5.75 Å². The normalized spacial score (nSPS) is 9.79. The second-order valence-electron chi connectivity index (χ2n) is 3.86. The van der Waals surface area contributed by atoms with Gasteiger partial charge in [0, 0.05) is 12.6 Å². The third-order valence-corrected chi connectivity index (χ3v) is 2.62. The van der Waals surface area contributed by atoms with Gasteiger partial charge in [-0.15, -0.1) is 0 Å². The molecule has 98 valence electrons. The van der Waals surface area contributed by atoms with E-state index in [1.807, 2.05) is 24.3 Å². The average molecular weight is 257 g/mol. The monoisotopic (exact) mass is 257 g/mol. The van der Waals surface area contributed by atoms with Gasteiger partial charge < -0.3 is 14.8 Å². The van der Waals surface area contributed by atoms with Crippen LogP contribution in [0.4, 0.5) is 0 Å². The fourth-order valence-electron chi connectivity index (χ4n) is 1.68. The number of hydrogen-bond donors (Lipinski definition) is 1. The third kappa shape index (κ3) is 3.04. The maximum Gasteiger partial charge on any atom is 0.251 e. The third-order valence-electron chi connectivity index (χ3n) is 2.62. The van der Waals surface area contributed by atoms with Crippen molar-refractivity contribution in [3.8, 4) is 17.2 Å². The highest BCUT2D eigenvalue weighted by molar-refractivity contribution is 5.94. The van der Waals surface area contributed by atoms with Crippen LogP contribution >= 0.6 is 0 Å². The fraction of sp³-hybridized carbons (Fsp3) is 0.133. The van der Waals surface area contributed by atoms with Gasteiger partial charge in [-0.1, -0.05) is 18.2 Å². The predicted octanol–water partition coefficient (Wildman–Crippen LogP) is 2.85. The highest BCUT2D eigenvalue weighted by atomic mass is 16.5. The Morgan fingerprint density at radius 3 is 2.47 bits per heavy atom. The standard InChI is InChI=1S/C15H15NO3/c1-16-15(17)11-6-5-7-12(10-11)19-14-9-4-3-8-13(14)18-2/h3-10H,1-2H3,(H,16,17). The highest BCUT2D eigenvalue weighted by Gasteiger charge is 2.07. The molecular formula is C15H15NO3. The molecule has 0 atom stereocenters. The second-order valence-corrected chi connectivity index (χ2v) is 3.86. The molecule has 2 aromatic carbocycles. The molecule has 2 aromatic rings. The summed E-state index contributed by atoms with van der Waals surface area (Å²) < 4.78 is 10.9. The first-order valence-corrected chi connectivity index (χ1v) is 5.87. The van der Waals surface area contributed by atoms with Crippen LogP contribution in [0.25, 0.3) is 0 Å². The fourth-order valence-corrected chi connectivity index (χ4v) is 1.68. The van der Waals surface area contributed by atoms with Crippen LogP contribution in [0.15, 0.2) is 48.5 Å². The summed E-state index contributed by atoms with van der Waals surface area (Å²) in [5.74, 6) is 1.70. The summed E-state index contributed by atoms with van der Waals surface area (Å²) in [5.41, 5.74) is 0.551. The molecule has 0 radical (unpaired) electrons. The highest BCUT2D eigenvalue weighted by Crippen LogP contribution is 2.31. The van der Waals surface area contributed by atoms with Crippen LogP contribution in [0.3, 0.4) is 0 Å². The van der Waals surface area contributed by atoms with Crippen molar-refractivity contribution >= 4 is 5.91 Å². The molecule has 4 heteroatoms. The number of hydrogen-bond acceptors (Lipinski definition) is 3. The summed E-state index contributed by atoms with van der Waals surface area (Å²) in [6, 6.07) is 14.3. The number of methoxy groups -OCH3 is 1. The van der Waals surface area contributed by atoms with E-state index in [-0.39, 0.29) is 5.91 Å². The van der Waals surface area contributed by atoms with Crippen LogP contribution in [-0.2, 0) is 0 Å². The van der Waals surface area contributed by atoms with Gasteiger partial charge in [-0.3, -0.25) is 4.79 Å². The first-order chi connectivity index (χ1) is 9.24. The zero-order chi connectivity index (χ0) is 13.7. The number of nitrogens with one attached hydrogen (secondary N) is 1. The first kappa shape index (κ1) is 13.0. The molecule has 4 nitrogen and oxygen atoms in total. The second kappa shape index (κ2) is 5.91. The molecule has 0 bridgehead atoms. The molecule has 0 saturated heterocycles. The summed E-state index contributed by atoms with van der Waals surface area (Å²) in [4.78, 5) is 11.5. The molecule has 0 heterocycles. The Morgan fingerprint density at radius 2 is 1.79 bits per heavy atom. The summed E-state index contributed by atoms with van der Waals surface area (Å²) in [5, 5.41) is 2.58. The Kier molecular flexibility index (Phi) is 4.03. The van der Waals surface area contributed by atoms with Gasteiger partial charge in [0.05, 0.1) is 7.11 Å². The largest absolute Gasteiger partial charge is 0.493 e. The quantitative estimate of drug-likeness (QED) is 0.916. The van der Waals surface area contributed by atoms with E-state index in [0.29, 0.717) is 22.8 Å². The smallest absolute Gasteiger partial charge is 0.251 e. The number of para-hydroxylation sites is 2. The molecule has 0 aliphatic rings. The molecule has 0 aliphatic carbocycles. The summed E-state index contributed by atoms with van der Waals surface area (Å²) in [6.07, 6.45) is 0. The maximum atomic E-state index is 11.5. The number of carbonyl (C=O) groups is 1. The molecule has 1 amide bonds. The van der Waals surface area contributed by atoms with Gasteiger partial charge in [-0.25, -0.2) is 0 Å². The first-order valence-electron chi connectivity index (χ1n) is 5.87. The van der Waals surface area contributed by atoms with Crippen molar-refractivity contribution < 1.29 is 14.3 Å². The zero-order valence-corrected chi connectivity index (χ0v) is 10.8. The van der Waals surface area contributed by atoms with Gasteiger partial charge in [-0.05, 0) is 30.3 Å². The van der Waals surface area contributed by atoms with E-state index in [9.17, 15) is 4.79 Å². The van der Waals surface area contributed by atoms with Crippen LogP contribution < -0.4 is 14.8 Å². The number of carbonyl (C=O) groups excluding carboxylic acids is 1. The van der Waals surface area contributed by atoms with Crippen LogP contribution in [-0.4, -0.2) is 20.1 Å². The Bertz CT molecular complexity index is 581. The van der Waals surface area contributed by atoms with E-state index in [2.05, 4.69) is 5.32 Å². The Labute approximate surface area is 112 Å². The van der Waals surface area contributed by atoms with Crippen LogP contribution in [0.2, 0.25) is 0 Å². The van der Waals surface area contributed by atoms with E-state index < -0.39 is 0 Å². The number of amides is 1. The lowest BCUT2D eigenvalue weighted by Gasteiger charge is -2.10. The molecule has 0 fully saturated rings. The van der Waals surface area contributed by atoms with Crippen molar-refractivity contribution in [1.82, 2.24) is 5.32 Å². The van der Waals surface area contributed by atoms with E-state index >= 15 is 0 Å². The molecule has 0 spiro atoms. The Morgan fingerprint density at radius 1 is 1.05 bits per heavy atom. The number of rotatable bonds is 4. The van der Waals surface area contributed by atoms with Crippen LogP contribution in [0, 0.1) is 0 Å². The lowest BCUT2D eigenvalue weighted by Crippen LogP contribution is -2.17. The van der Waals surface area contributed by atoms with Crippen LogP contribution in [0.1, 0.15) is 10.4 Å². The van der Waals surface area contributed by atoms with Crippen molar-refractivity contribution in [2.75, 3.05) is 14.2 Å². The molecule has 19 heavy (non-hydrogen) atoms. The molecule has 0 saturated carbocycles. The molecule has 0 aromatic heterocycles. The topological polar surface area (TPSA) is 47.6 Å².